The maximum absolute atomic E-state index is 6.03. The van der Waals surface area contributed by atoms with E-state index in [-0.39, 0.29) is 0 Å². The molecule has 0 spiro atoms. The number of benzene rings is 1. The van der Waals surface area contributed by atoms with Crippen molar-refractivity contribution in [1.82, 2.24) is 0 Å². The Morgan fingerprint density at radius 2 is 2.06 bits per heavy atom. The third-order valence-corrected chi connectivity index (χ3v) is 2.54. The summed E-state index contributed by atoms with van der Waals surface area (Å²) in [7, 11) is 1.65. The van der Waals surface area contributed by atoms with Crippen LogP contribution in [0.1, 0.15) is 20.8 Å². The third kappa shape index (κ3) is 3.05. The van der Waals surface area contributed by atoms with E-state index in [2.05, 4.69) is 25.7 Å². The fourth-order valence-electron chi connectivity index (χ4n) is 1.79. The lowest BCUT2D eigenvalue weighted by atomic mass is 10.1. The van der Waals surface area contributed by atoms with Gasteiger partial charge in [-0.25, -0.2) is 0 Å². The Morgan fingerprint density at radius 1 is 1.38 bits per heavy atom. The molecule has 0 unspecified atom stereocenters. The summed E-state index contributed by atoms with van der Waals surface area (Å²) in [4.78, 5) is 2.29. The molecule has 3 heteroatoms. The van der Waals surface area contributed by atoms with Gasteiger partial charge in [0.2, 0.25) is 0 Å². The molecule has 0 saturated heterocycles. The maximum atomic E-state index is 6.03. The van der Waals surface area contributed by atoms with Gasteiger partial charge in [0.15, 0.2) is 0 Å². The Labute approximate surface area is 98.2 Å². The van der Waals surface area contributed by atoms with Gasteiger partial charge in [-0.1, -0.05) is 13.8 Å². The molecule has 0 aliphatic heterocycles. The SMILES string of the molecule is CCN(CC(C)C)c1ccc(OC)cc1N. The summed E-state index contributed by atoms with van der Waals surface area (Å²) in [5, 5.41) is 0. The largest absolute Gasteiger partial charge is 0.497 e. The quantitative estimate of drug-likeness (QED) is 0.778. The molecule has 0 aliphatic carbocycles. The minimum atomic E-state index is 0.626. The molecule has 3 nitrogen and oxygen atoms in total. The molecule has 1 aromatic rings. The van der Waals surface area contributed by atoms with Gasteiger partial charge in [-0.3, -0.25) is 0 Å². The fourth-order valence-corrected chi connectivity index (χ4v) is 1.79. The third-order valence-electron chi connectivity index (χ3n) is 2.54. The summed E-state index contributed by atoms with van der Waals surface area (Å²) in [6.07, 6.45) is 0. The molecule has 0 aliphatic rings. The van der Waals surface area contributed by atoms with E-state index in [0.29, 0.717) is 5.92 Å². The highest BCUT2D eigenvalue weighted by atomic mass is 16.5. The van der Waals surface area contributed by atoms with E-state index in [1.54, 1.807) is 7.11 Å². The van der Waals surface area contributed by atoms with Crippen LogP contribution in [0, 0.1) is 5.92 Å². The Kier molecular flexibility index (Phi) is 4.47. The summed E-state index contributed by atoms with van der Waals surface area (Å²) >= 11 is 0. The molecule has 0 atom stereocenters. The average molecular weight is 222 g/mol. The lowest BCUT2D eigenvalue weighted by Gasteiger charge is -2.26. The Morgan fingerprint density at radius 3 is 2.50 bits per heavy atom. The van der Waals surface area contributed by atoms with E-state index >= 15 is 0 Å². The molecular weight excluding hydrogens is 200 g/mol. The normalized spacial score (nSPS) is 10.6. The van der Waals surface area contributed by atoms with Crippen LogP contribution in [-0.4, -0.2) is 20.2 Å². The maximum Gasteiger partial charge on any atom is 0.121 e. The van der Waals surface area contributed by atoms with Gasteiger partial charge in [0.25, 0.3) is 0 Å². The number of nitrogens with two attached hydrogens (primary N) is 1. The Hall–Kier alpha value is -1.38. The van der Waals surface area contributed by atoms with E-state index in [1.807, 2.05) is 18.2 Å². The van der Waals surface area contributed by atoms with Crippen LogP contribution in [-0.2, 0) is 0 Å². The first-order chi connectivity index (χ1) is 7.58. The van der Waals surface area contributed by atoms with Crippen molar-refractivity contribution in [1.29, 1.82) is 0 Å². The van der Waals surface area contributed by atoms with Gasteiger partial charge in [-0.05, 0) is 25.0 Å². The lowest BCUT2D eigenvalue weighted by molar-refractivity contribution is 0.415. The minimum Gasteiger partial charge on any atom is -0.497 e. The molecule has 16 heavy (non-hydrogen) atoms. The molecule has 0 saturated carbocycles. The lowest BCUT2D eigenvalue weighted by Crippen LogP contribution is -2.27. The molecule has 0 aromatic heterocycles. The molecule has 2 N–H and O–H groups in total. The average Bonchev–Trinajstić information content (AvgIpc) is 2.25. The van der Waals surface area contributed by atoms with Gasteiger partial charge in [0, 0.05) is 19.2 Å². The molecule has 0 bridgehead atoms. The van der Waals surface area contributed by atoms with Crippen molar-refractivity contribution in [3.8, 4) is 5.75 Å². The van der Waals surface area contributed by atoms with Gasteiger partial charge in [-0.15, -0.1) is 0 Å². The van der Waals surface area contributed by atoms with Gasteiger partial charge in [0.05, 0.1) is 18.5 Å². The number of rotatable bonds is 5. The van der Waals surface area contributed by atoms with Crippen LogP contribution in [0.2, 0.25) is 0 Å². The van der Waals surface area contributed by atoms with Crippen molar-refractivity contribution in [3.63, 3.8) is 0 Å². The van der Waals surface area contributed by atoms with E-state index in [9.17, 15) is 0 Å². The first-order valence-corrected chi connectivity index (χ1v) is 5.77. The summed E-state index contributed by atoms with van der Waals surface area (Å²) in [6.45, 7) is 8.55. The van der Waals surface area contributed by atoms with Crippen molar-refractivity contribution in [3.05, 3.63) is 18.2 Å². The van der Waals surface area contributed by atoms with Crippen molar-refractivity contribution < 1.29 is 4.74 Å². The Bertz CT molecular complexity index is 337. The molecular formula is C13H22N2O. The van der Waals surface area contributed by atoms with Gasteiger partial charge in [0.1, 0.15) is 5.75 Å². The van der Waals surface area contributed by atoms with Crippen LogP contribution in [0.5, 0.6) is 5.75 Å². The zero-order valence-electron chi connectivity index (χ0n) is 10.7. The molecule has 0 radical (unpaired) electrons. The number of methoxy groups -OCH3 is 1. The molecule has 1 aromatic carbocycles. The zero-order valence-corrected chi connectivity index (χ0v) is 10.7. The molecule has 90 valence electrons. The summed E-state index contributed by atoms with van der Waals surface area (Å²) in [5.74, 6) is 1.43. The van der Waals surface area contributed by atoms with Crippen LogP contribution in [0.4, 0.5) is 11.4 Å². The number of hydrogen-bond donors (Lipinski definition) is 1. The van der Waals surface area contributed by atoms with Gasteiger partial charge >= 0.3 is 0 Å². The topological polar surface area (TPSA) is 38.5 Å². The van der Waals surface area contributed by atoms with Crippen molar-refractivity contribution in [2.24, 2.45) is 5.92 Å². The number of hydrogen-bond acceptors (Lipinski definition) is 3. The number of nitrogens with zero attached hydrogens (tertiary/aromatic N) is 1. The highest BCUT2D eigenvalue weighted by molar-refractivity contribution is 5.69. The first-order valence-electron chi connectivity index (χ1n) is 5.77. The molecule has 0 heterocycles. The van der Waals surface area contributed by atoms with Crippen LogP contribution in [0.3, 0.4) is 0 Å². The van der Waals surface area contributed by atoms with E-state index in [0.717, 1.165) is 30.2 Å². The zero-order chi connectivity index (χ0) is 12.1. The minimum absolute atomic E-state index is 0.626. The smallest absolute Gasteiger partial charge is 0.121 e. The van der Waals surface area contributed by atoms with Gasteiger partial charge in [-0.2, -0.15) is 0 Å². The van der Waals surface area contributed by atoms with Crippen LogP contribution < -0.4 is 15.4 Å². The summed E-state index contributed by atoms with van der Waals surface area (Å²) in [6, 6.07) is 5.85. The predicted octanol–water partition coefficient (Wildman–Crippen LogP) is 2.76. The molecule has 0 amide bonds. The monoisotopic (exact) mass is 222 g/mol. The Balaban J connectivity index is 2.92. The number of anilines is 2. The molecule has 0 fully saturated rings. The van der Waals surface area contributed by atoms with Crippen molar-refractivity contribution in [2.45, 2.75) is 20.8 Å². The van der Waals surface area contributed by atoms with Gasteiger partial charge < -0.3 is 15.4 Å². The second kappa shape index (κ2) is 5.64. The van der Waals surface area contributed by atoms with Crippen LogP contribution in [0.25, 0.3) is 0 Å². The first kappa shape index (κ1) is 12.7. The highest BCUT2D eigenvalue weighted by Gasteiger charge is 2.10. The van der Waals surface area contributed by atoms with Crippen LogP contribution >= 0.6 is 0 Å². The fraction of sp³-hybridized carbons (Fsp3) is 0.538. The standard InChI is InChI=1S/C13H22N2O/c1-5-15(9-10(2)3)13-7-6-11(16-4)8-12(13)14/h6-8,10H,5,9,14H2,1-4H3. The van der Waals surface area contributed by atoms with Crippen LogP contribution in [0.15, 0.2) is 18.2 Å². The van der Waals surface area contributed by atoms with Crippen molar-refractivity contribution in [2.75, 3.05) is 30.8 Å². The van der Waals surface area contributed by atoms with E-state index in [4.69, 9.17) is 10.5 Å². The van der Waals surface area contributed by atoms with E-state index in [1.165, 1.54) is 0 Å². The molecule has 1 rings (SSSR count). The second-order valence-corrected chi connectivity index (χ2v) is 4.36. The number of nitrogen functional groups attached to an aromatic ring is 1. The summed E-state index contributed by atoms with van der Waals surface area (Å²) in [5.41, 5.74) is 7.90. The second-order valence-electron chi connectivity index (χ2n) is 4.36. The van der Waals surface area contributed by atoms with Crippen molar-refractivity contribution >= 4 is 11.4 Å². The number of ether oxygens (including phenoxy) is 1. The highest BCUT2D eigenvalue weighted by Crippen LogP contribution is 2.27. The predicted molar refractivity (Wildman–Crippen MR) is 70.1 cm³/mol. The van der Waals surface area contributed by atoms with E-state index < -0.39 is 0 Å². The summed E-state index contributed by atoms with van der Waals surface area (Å²) < 4.78 is 5.15.